The van der Waals surface area contributed by atoms with Crippen LogP contribution in [0.4, 0.5) is 0 Å². The molecule has 0 radical (unpaired) electrons. The minimum absolute atomic E-state index is 0.894. The molecule has 8 heavy (non-hydrogen) atoms. The summed E-state index contributed by atoms with van der Waals surface area (Å²) in [5.41, 5.74) is 0. The van der Waals surface area contributed by atoms with Crippen LogP contribution in [0.2, 0.25) is 23.9 Å². The summed E-state index contributed by atoms with van der Waals surface area (Å²) in [7, 11) is 10.6. The van der Waals surface area contributed by atoms with Gasteiger partial charge in [-0.3, -0.25) is 0 Å². The van der Waals surface area contributed by atoms with E-state index in [0.29, 0.717) is 0 Å². The van der Waals surface area contributed by atoms with E-state index in [1.807, 2.05) is 0 Å². The van der Waals surface area contributed by atoms with Crippen molar-refractivity contribution in [2.45, 2.75) is 23.9 Å². The maximum absolute atomic E-state index is 5.77. The molecule has 0 bridgehead atoms. The van der Waals surface area contributed by atoms with Crippen molar-refractivity contribution in [2.75, 3.05) is 0 Å². The molecule has 4 heteroatoms. The molecule has 0 aromatic heterocycles. The zero-order valence-electron chi connectivity index (χ0n) is 5.41. The van der Waals surface area contributed by atoms with Gasteiger partial charge in [0.15, 0.2) is 0 Å². The topological polar surface area (TPSA) is 0 Å². The van der Waals surface area contributed by atoms with Gasteiger partial charge in [0.2, 0.25) is 0 Å². The third-order valence-corrected chi connectivity index (χ3v) is 20.5. The Bertz CT molecular complexity index is 68.9. The first-order valence-corrected chi connectivity index (χ1v) is 16.5. The third-order valence-electron chi connectivity index (χ3n) is 0.594. The molecule has 0 fully saturated rings. The molecule has 0 aliphatic heterocycles. The van der Waals surface area contributed by atoms with Crippen LogP contribution in [0.1, 0.15) is 0 Å². The predicted octanol–water partition coefficient (Wildman–Crippen LogP) is 3.21. The molecular weight excluding hydrogens is 328 g/mol. The van der Waals surface area contributed by atoms with Gasteiger partial charge >= 0.3 is 66.6 Å². The summed E-state index contributed by atoms with van der Waals surface area (Å²) in [6, 6.07) is 0. The van der Waals surface area contributed by atoms with Gasteiger partial charge in [-0.25, -0.2) is 0 Å². The molecule has 50 valence electrons. The summed E-state index contributed by atoms with van der Waals surface area (Å²) in [4.78, 5) is 0. The molecule has 0 nitrogen and oxygen atoms in total. The normalized spacial score (nSPS) is 12.8. The van der Waals surface area contributed by atoms with E-state index in [1.54, 1.807) is 0 Å². The first kappa shape index (κ1) is 9.54. The molecule has 0 unspecified atom stereocenters. The number of halogens is 2. The fraction of sp³-hybridized carbons (Fsp3) is 1.00. The minimum atomic E-state index is -1.82. The average molecular weight is 339 g/mol. The van der Waals surface area contributed by atoms with Crippen molar-refractivity contribution in [3.05, 3.63) is 0 Å². The Morgan fingerprint density at radius 2 is 1.62 bits per heavy atom. The van der Waals surface area contributed by atoms with Gasteiger partial charge in [0, 0.05) is 0 Å². The molecular formula is C4H11Cl2SiTa. The standard InChI is InChI=1S/C4H11Si.2ClH.Ta/c1-5(2,3)4;;;/h1H2,2-4H3;2*1H;/q;;;+2/p-2. The van der Waals surface area contributed by atoms with E-state index in [4.69, 9.17) is 18.4 Å². The van der Waals surface area contributed by atoms with Crippen molar-refractivity contribution in [3.8, 4) is 0 Å². The van der Waals surface area contributed by atoms with Crippen LogP contribution in [-0.4, -0.2) is 8.07 Å². The molecule has 0 rings (SSSR count). The van der Waals surface area contributed by atoms with Crippen LogP contribution in [0.15, 0.2) is 0 Å². The van der Waals surface area contributed by atoms with Gasteiger partial charge in [0.05, 0.1) is 0 Å². The molecule has 0 aromatic rings. The second kappa shape index (κ2) is 3.64. The molecule has 0 saturated heterocycles. The third kappa shape index (κ3) is 7.54. The summed E-state index contributed by atoms with van der Waals surface area (Å²) in [6.07, 6.45) is 0. The van der Waals surface area contributed by atoms with Crippen LogP contribution in [-0.2, 0) is 16.3 Å². The summed E-state index contributed by atoms with van der Waals surface area (Å²) >= 11 is -1.82. The molecule has 0 aromatic carbocycles. The molecule has 0 N–H and O–H groups in total. The van der Waals surface area contributed by atoms with Gasteiger partial charge in [-0.2, -0.15) is 0 Å². The van der Waals surface area contributed by atoms with Crippen LogP contribution in [0, 0.1) is 0 Å². The summed E-state index contributed by atoms with van der Waals surface area (Å²) < 4.78 is 1.20. The van der Waals surface area contributed by atoms with Gasteiger partial charge in [0.1, 0.15) is 0 Å². The summed E-state index contributed by atoms with van der Waals surface area (Å²) in [5, 5.41) is 0. The van der Waals surface area contributed by atoms with E-state index in [9.17, 15) is 0 Å². The quantitative estimate of drug-likeness (QED) is 0.678. The Morgan fingerprint density at radius 1 is 1.25 bits per heavy atom. The first-order chi connectivity index (χ1) is 3.42. The summed E-state index contributed by atoms with van der Waals surface area (Å²) in [5.74, 6) is 0. The van der Waals surface area contributed by atoms with Crippen molar-refractivity contribution in [1.82, 2.24) is 0 Å². The van der Waals surface area contributed by atoms with Gasteiger partial charge in [0.25, 0.3) is 0 Å². The van der Waals surface area contributed by atoms with Crippen LogP contribution in [0.25, 0.3) is 0 Å². The van der Waals surface area contributed by atoms with Crippen molar-refractivity contribution >= 4 is 26.5 Å². The van der Waals surface area contributed by atoms with E-state index < -0.39 is 24.4 Å². The fourth-order valence-electron chi connectivity index (χ4n) is 0.359. The molecule has 0 aliphatic carbocycles. The first-order valence-electron chi connectivity index (χ1n) is 2.51. The molecule has 0 spiro atoms. The number of hydrogen-bond donors (Lipinski definition) is 0. The zero-order valence-corrected chi connectivity index (χ0v) is 11.1. The van der Waals surface area contributed by atoms with E-state index in [1.165, 1.54) is 4.26 Å². The predicted molar refractivity (Wildman–Crippen MR) is 39.9 cm³/mol. The fourth-order valence-corrected chi connectivity index (χ4v) is 26.4. The Kier molecular flexibility index (Phi) is 4.34. The molecule has 0 atom stereocenters. The van der Waals surface area contributed by atoms with Crippen molar-refractivity contribution in [1.29, 1.82) is 0 Å². The second-order valence-corrected chi connectivity index (χ2v) is 22.1. The van der Waals surface area contributed by atoms with Gasteiger partial charge in [-0.1, -0.05) is 0 Å². The van der Waals surface area contributed by atoms with Crippen LogP contribution in [0.3, 0.4) is 0 Å². The van der Waals surface area contributed by atoms with Gasteiger partial charge < -0.3 is 0 Å². The SMILES string of the molecule is C[Si](C)(C)[CH2][Ta]([Cl])[Cl]. The van der Waals surface area contributed by atoms with Crippen molar-refractivity contribution < 1.29 is 16.3 Å². The van der Waals surface area contributed by atoms with E-state index in [-0.39, 0.29) is 0 Å². The maximum atomic E-state index is 5.77. The Labute approximate surface area is 66.3 Å². The Hall–Kier alpha value is 1.54. The van der Waals surface area contributed by atoms with E-state index >= 15 is 0 Å². The Morgan fingerprint density at radius 3 is 1.62 bits per heavy atom. The van der Waals surface area contributed by atoms with E-state index in [2.05, 4.69) is 19.6 Å². The molecule has 0 aliphatic rings. The van der Waals surface area contributed by atoms with Crippen LogP contribution < -0.4 is 0 Å². The molecule has 0 heterocycles. The number of hydrogen-bond acceptors (Lipinski definition) is 0. The number of rotatable bonds is 2. The van der Waals surface area contributed by atoms with Gasteiger partial charge in [-0.15, -0.1) is 0 Å². The average Bonchev–Trinajstić information content (AvgIpc) is 1.21. The summed E-state index contributed by atoms with van der Waals surface area (Å²) in [6.45, 7) is 6.92. The van der Waals surface area contributed by atoms with Crippen molar-refractivity contribution in [3.63, 3.8) is 0 Å². The van der Waals surface area contributed by atoms with E-state index in [0.717, 1.165) is 0 Å². The van der Waals surface area contributed by atoms with Crippen LogP contribution in [0.5, 0.6) is 0 Å². The van der Waals surface area contributed by atoms with Crippen molar-refractivity contribution in [2.24, 2.45) is 0 Å². The van der Waals surface area contributed by atoms with Crippen LogP contribution >= 0.6 is 18.4 Å². The monoisotopic (exact) mass is 338 g/mol. The zero-order chi connectivity index (χ0) is 6.78. The molecule has 0 saturated carbocycles. The Balaban J connectivity index is 3.39. The molecule has 0 amide bonds. The second-order valence-electron chi connectivity index (χ2n) is 3.02. The van der Waals surface area contributed by atoms with Gasteiger partial charge in [-0.05, 0) is 0 Å².